The molecule has 0 amide bonds. The molecule has 0 aliphatic rings. The predicted octanol–water partition coefficient (Wildman–Crippen LogP) is 0.866. The standard InChI is InChI=1S/C11H12N4O4S/c1-2-9-13-6-10(14-9)20(18,19)15-7-3-4-12-8(5-7)11(16)17/h3-6H,2H2,1H3,(H,12,15)(H,13,14)(H,16,17). The number of hydrogen-bond acceptors (Lipinski definition) is 5. The van der Waals surface area contributed by atoms with Crippen molar-refractivity contribution >= 4 is 21.7 Å². The lowest BCUT2D eigenvalue weighted by Gasteiger charge is -2.06. The number of H-pyrrole nitrogens is 1. The van der Waals surface area contributed by atoms with Gasteiger partial charge in [0.25, 0.3) is 10.0 Å². The van der Waals surface area contributed by atoms with Gasteiger partial charge in [-0.1, -0.05) is 6.92 Å². The molecule has 9 heteroatoms. The van der Waals surface area contributed by atoms with Gasteiger partial charge in [-0.25, -0.2) is 14.8 Å². The van der Waals surface area contributed by atoms with Gasteiger partial charge in [-0.05, 0) is 12.1 Å². The number of aromatic carboxylic acids is 1. The van der Waals surface area contributed by atoms with Crippen molar-refractivity contribution in [2.75, 3.05) is 4.72 Å². The molecule has 2 aromatic heterocycles. The number of aromatic amines is 1. The minimum absolute atomic E-state index is 0.0805. The van der Waals surface area contributed by atoms with Crippen molar-refractivity contribution in [3.8, 4) is 0 Å². The molecule has 0 unspecified atom stereocenters. The molecule has 2 rings (SSSR count). The normalized spacial score (nSPS) is 11.2. The van der Waals surface area contributed by atoms with E-state index >= 15 is 0 Å². The lowest BCUT2D eigenvalue weighted by atomic mass is 10.3. The number of carboxylic acid groups (broad SMARTS) is 1. The van der Waals surface area contributed by atoms with Crippen molar-refractivity contribution < 1.29 is 18.3 Å². The molecule has 106 valence electrons. The molecule has 0 aliphatic heterocycles. The van der Waals surface area contributed by atoms with Crippen LogP contribution in [-0.2, 0) is 16.4 Å². The molecular weight excluding hydrogens is 284 g/mol. The first-order valence-electron chi connectivity index (χ1n) is 5.68. The molecule has 0 atom stereocenters. The van der Waals surface area contributed by atoms with E-state index in [0.717, 1.165) is 6.07 Å². The van der Waals surface area contributed by atoms with Gasteiger partial charge in [-0.3, -0.25) is 4.72 Å². The summed E-state index contributed by atoms with van der Waals surface area (Å²) in [5.74, 6) is -0.688. The fourth-order valence-electron chi connectivity index (χ4n) is 1.48. The van der Waals surface area contributed by atoms with Crippen LogP contribution in [0.1, 0.15) is 23.2 Å². The molecule has 0 aliphatic carbocycles. The van der Waals surface area contributed by atoms with Crippen molar-refractivity contribution in [3.05, 3.63) is 36.0 Å². The summed E-state index contributed by atoms with van der Waals surface area (Å²) in [5.41, 5.74) is -0.130. The molecule has 0 bridgehead atoms. The van der Waals surface area contributed by atoms with Crippen LogP contribution in [0.25, 0.3) is 0 Å². The van der Waals surface area contributed by atoms with Gasteiger partial charge in [0.2, 0.25) is 0 Å². The molecule has 0 saturated heterocycles. The number of imidazole rings is 1. The van der Waals surface area contributed by atoms with Crippen molar-refractivity contribution in [2.24, 2.45) is 0 Å². The van der Waals surface area contributed by atoms with Gasteiger partial charge >= 0.3 is 5.97 Å². The van der Waals surface area contributed by atoms with Crippen molar-refractivity contribution in [2.45, 2.75) is 18.4 Å². The molecule has 0 saturated carbocycles. The number of nitrogens with one attached hydrogen (secondary N) is 2. The minimum Gasteiger partial charge on any atom is -0.477 e. The highest BCUT2D eigenvalue weighted by Gasteiger charge is 2.18. The SMILES string of the molecule is CCc1ncc(S(=O)(=O)Nc2ccnc(C(=O)O)c2)[nH]1. The lowest BCUT2D eigenvalue weighted by Crippen LogP contribution is -2.14. The molecule has 3 N–H and O–H groups in total. The summed E-state index contributed by atoms with van der Waals surface area (Å²) in [7, 11) is -3.83. The maximum Gasteiger partial charge on any atom is 0.354 e. The minimum atomic E-state index is -3.83. The van der Waals surface area contributed by atoms with Gasteiger partial charge in [-0.2, -0.15) is 8.42 Å². The number of carboxylic acids is 1. The number of aromatic nitrogens is 3. The second-order valence-corrected chi connectivity index (χ2v) is 5.54. The van der Waals surface area contributed by atoms with E-state index in [4.69, 9.17) is 5.11 Å². The van der Waals surface area contributed by atoms with Crippen molar-refractivity contribution in [3.63, 3.8) is 0 Å². The summed E-state index contributed by atoms with van der Waals surface area (Å²) in [6, 6.07) is 2.50. The van der Waals surface area contributed by atoms with Crippen LogP contribution in [0.5, 0.6) is 0 Å². The van der Waals surface area contributed by atoms with E-state index in [2.05, 4.69) is 19.7 Å². The number of nitrogens with zero attached hydrogens (tertiary/aromatic N) is 2. The first-order chi connectivity index (χ1) is 9.42. The van der Waals surface area contributed by atoms with Crippen LogP contribution in [-0.4, -0.2) is 34.4 Å². The highest BCUT2D eigenvalue weighted by Crippen LogP contribution is 2.15. The maximum atomic E-state index is 12.1. The summed E-state index contributed by atoms with van der Waals surface area (Å²) in [5, 5.41) is 8.72. The first kappa shape index (κ1) is 14.0. The Morgan fingerprint density at radius 1 is 1.45 bits per heavy atom. The summed E-state index contributed by atoms with van der Waals surface area (Å²) < 4.78 is 26.4. The van der Waals surface area contributed by atoms with Crippen LogP contribution in [0.4, 0.5) is 5.69 Å². The maximum absolute atomic E-state index is 12.1. The molecule has 0 fully saturated rings. The Kier molecular flexibility index (Phi) is 3.70. The van der Waals surface area contributed by atoms with Crippen LogP contribution in [0.15, 0.2) is 29.6 Å². The summed E-state index contributed by atoms with van der Waals surface area (Å²) in [4.78, 5) is 21.0. The molecule has 0 spiro atoms. The van der Waals surface area contributed by atoms with E-state index in [0.29, 0.717) is 12.2 Å². The van der Waals surface area contributed by atoms with Crippen LogP contribution in [0.2, 0.25) is 0 Å². The Morgan fingerprint density at radius 2 is 2.20 bits per heavy atom. The molecule has 8 nitrogen and oxygen atoms in total. The van der Waals surface area contributed by atoms with Gasteiger partial charge in [0.05, 0.1) is 11.9 Å². The summed E-state index contributed by atoms with van der Waals surface area (Å²) >= 11 is 0. The Labute approximate surface area is 114 Å². The Balaban J connectivity index is 2.28. The number of pyridine rings is 1. The predicted molar refractivity (Wildman–Crippen MR) is 70.0 cm³/mol. The summed E-state index contributed by atoms with van der Waals surface area (Å²) in [6.45, 7) is 1.84. The first-order valence-corrected chi connectivity index (χ1v) is 7.16. The summed E-state index contributed by atoms with van der Waals surface area (Å²) in [6.07, 6.45) is 3.00. The largest absolute Gasteiger partial charge is 0.477 e. The third kappa shape index (κ3) is 2.94. The number of anilines is 1. The van der Waals surface area contributed by atoms with Crippen LogP contribution < -0.4 is 4.72 Å². The highest BCUT2D eigenvalue weighted by molar-refractivity contribution is 7.92. The van der Waals surface area contributed by atoms with Crippen LogP contribution >= 0.6 is 0 Å². The molecule has 0 aromatic carbocycles. The average Bonchev–Trinajstić information content (AvgIpc) is 2.88. The Hall–Kier alpha value is -2.42. The molecule has 0 radical (unpaired) electrons. The lowest BCUT2D eigenvalue weighted by molar-refractivity contribution is 0.0690. The second kappa shape index (κ2) is 5.29. The molecular formula is C11H12N4O4S. The Bertz CT molecular complexity index is 738. The number of sulfonamides is 1. The van der Waals surface area contributed by atoms with Crippen LogP contribution in [0, 0.1) is 0 Å². The average molecular weight is 296 g/mol. The van der Waals surface area contributed by atoms with E-state index in [1.165, 1.54) is 18.5 Å². The smallest absolute Gasteiger partial charge is 0.354 e. The molecule has 2 aromatic rings. The quantitative estimate of drug-likeness (QED) is 0.751. The van der Waals surface area contributed by atoms with Crippen LogP contribution in [0.3, 0.4) is 0 Å². The van der Waals surface area contributed by atoms with Gasteiger partial charge in [-0.15, -0.1) is 0 Å². The number of aryl methyl sites for hydroxylation is 1. The number of hydrogen-bond donors (Lipinski definition) is 3. The fourth-order valence-corrected chi connectivity index (χ4v) is 2.47. The third-order valence-corrected chi connectivity index (χ3v) is 3.75. The topological polar surface area (TPSA) is 125 Å². The van der Waals surface area contributed by atoms with Gasteiger partial charge in [0, 0.05) is 12.6 Å². The van der Waals surface area contributed by atoms with E-state index < -0.39 is 16.0 Å². The van der Waals surface area contributed by atoms with E-state index in [-0.39, 0.29) is 16.4 Å². The van der Waals surface area contributed by atoms with Crippen molar-refractivity contribution in [1.29, 1.82) is 0 Å². The monoisotopic (exact) mass is 296 g/mol. The van der Waals surface area contributed by atoms with E-state index in [9.17, 15) is 13.2 Å². The molecule has 20 heavy (non-hydrogen) atoms. The second-order valence-electron chi connectivity index (χ2n) is 3.89. The van der Waals surface area contributed by atoms with Gasteiger partial charge in [0.15, 0.2) is 5.03 Å². The number of rotatable bonds is 5. The third-order valence-electron chi connectivity index (χ3n) is 2.46. The van der Waals surface area contributed by atoms with Crippen molar-refractivity contribution in [1.82, 2.24) is 15.0 Å². The van der Waals surface area contributed by atoms with E-state index in [1.807, 2.05) is 6.92 Å². The fraction of sp³-hybridized carbons (Fsp3) is 0.182. The van der Waals surface area contributed by atoms with Gasteiger partial charge in [0.1, 0.15) is 11.5 Å². The zero-order chi connectivity index (χ0) is 14.8. The van der Waals surface area contributed by atoms with Gasteiger partial charge < -0.3 is 10.1 Å². The zero-order valence-corrected chi connectivity index (χ0v) is 11.3. The Morgan fingerprint density at radius 3 is 2.80 bits per heavy atom. The molecule has 2 heterocycles. The zero-order valence-electron chi connectivity index (χ0n) is 10.5. The van der Waals surface area contributed by atoms with E-state index in [1.54, 1.807) is 0 Å². The number of carbonyl (C=O) groups is 1. The highest BCUT2D eigenvalue weighted by atomic mass is 32.2.